The summed E-state index contributed by atoms with van der Waals surface area (Å²) in [5.74, 6) is 2.30. The van der Waals surface area contributed by atoms with E-state index in [4.69, 9.17) is 0 Å². The first-order valence-electron chi connectivity index (χ1n) is 6.35. The second-order valence-corrected chi connectivity index (χ2v) is 5.97. The molecule has 2 aliphatic rings. The summed E-state index contributed by atoms with van der Waals surface area (Å²) in [4.78, 5) is 26.0. The number of hydrogen-bond donors (Lipinski definition) is 1. The van der Waals surface area contributed by atoms with Crippen molar-refractivity contribution in [3.8, 4) is 0 Å². The molecule has 0 saturated carbocycles. The molecule has 0 aliphatic carbocycles. The molecule has 0 radical (unpaired) electrons. The predicted molar refractivity (Wildman–Crippen MR) is 68.9 cm³/mol. The maximum atomic E-state index is 12.2. The molecule has 1 N–H and O–H groups in total. The molecule has 2 fully saturated rings. The van der Waals surface area contributed by atoms with Crippen LogP contribution in [0.2, 0.25) is 0 Å². The normalized spacial score (nSPS) is 31.5. The van der Waals surface area contributed by atoms with Gasteiger partial charge in [0, 0.05) is 6.04 Å². The van der Waals surface area contributed by atoms with Crippen molar-refractivity contribution in [3.63, 3.8) is 0 Å². The van der Waals surface area contributed by atoms with Crippen molar-refractivity contribution < 1.29 is 9.59 Å². The average molecular weight is 256 g/mol. The first-order chi connectivity index (χ1) is 8.15. The second kappa shape index (κ2) is 5.29. The van der Waals surface area contributed by atoms with Gasteiger partial charge in [0.2, 0.25) is 11.8 Å². The summed E-state index contributed by atoms with van der Waals surface area (Å²) in [5, 5.41) is 2.76. The molecule has 0 aromatic rings. The van der Waals surface area contributed by atoms with Crippen molar-refractivity contribution in [3.05, 3.63) is 0 Å². The van der Waals surface area contributed by atoms with Gasteiger partial charge in [-0.1, -0.05) is 6.92 Å². The van der Waals surface area contributed by atoms with Crippen molar-refractivity contribution in [1.82, 2.24) is 10.2 Å². The fourth-order valence-electron chi connectivity index (χ4n) is 2.65. The lowest BCUT2D eigenvalue weighted by Gasteiger charge is -2.43. The molecule has 2 unspecified atom stereocenters. The fraction of sp³-hybridized carbons (Fsp3) is 0.833. The van der Waals surface area contributed by atoms with Gasteiger partial charge in [-0.05, 0) is 37.7 Å². The van der Waals surface area contributed by atoms with E-state index in [1.807, 2.05) is 23.6 Å². The van der Waals surface area contributed by atoms with Gasteiger partial charge in [0.25, 0.3) is 0 Å². The zero-order valence-corrected chi connectivity index (χ0v) is 11.3. The van der Waals surface area contributed by atoms with E-state index >= 15 is 0 Å². The van der Waals surface area contributed by atoms with Crippen LogP contribution >= 0.6 is 11.8 Å². The molecule has 0 spiro atoms. The molecule has 5 heteroatoms. The molecule has 2 heterocycles. The maximum absolute atomic E-state index is 12.2. The van der Waals surface area contributed by atoms with E-state index in [-0.39, 0.29) is 29.9 Å². The first kappa shape index (κ1) is 12.7. The summed E-state index contributed by atoms with van der Waals surface area (Å²) in [6.45, 7) is 3.74. The second-order valence-electron chi connectivity index (χ2n) is 4.74. The van der Waals surface area contributed by atoms with Crippen LogP contribution in [0.4, 0.5) is 0 Å². The quantitative estimate of drug-likeness (QED) is 0.802. The Kier molecular flexibility index (Phi) is 3.97. The molecular weight excluding hydrogens is 236 g/mol. The Labute approximate surface area is 106 Å². The Hall–Kier alpha value is -0.710. The molecule has 2 amide bonds. The Morgan fingerprint density at radius 3 is 2.59 bits per heavy atom. The van der Waals surface area contributed by atoms with Crippen molar-refractivity contribution in [2.45, 2.75) is 51.2 Å². The van der Waals surface area contributed by atoms with E-state index < -0.39 is 0 Å². The summed E-state index contributed by atoms with van der Waals surface area (Å²) >= 11 is 1.94. The minimum atomic E-state index is -0.361. The number of amides is 2. The molecule has 96 valence electrons. The molecule has 0 aromatic carbocycles. The van der Waals surface area contributed by atoms with Gasteiger partial charge in [-0.3, -0.25) is 9.59 Å². The van der Waals surface area contributed by atoms with E-state index in [2.05, 4.69) is 5.32 Å². The third-order valence-electron chi connectivity index (χ3n) is 3.59. The van der Waals surface area contributed by atoms with Crippen LogP contribution < -0.4 is 5.32 Å². The van der Waals surface area contributed by atoms with Crippen LogP contribution in [0.25, 0.3) is 0 Å². The highest BCUT2D eigenvalue weighted by Gasteiger charge is 2.41. The van der Waals surface area contributed by atoms with Crippen LogP contribution in [0.3, 0.4) is 0 Å². The van der Waals surface area contributed by atoms with E-state index in [9.17, 15) is 9.59 Å². The third kappa shape index (κ3) is 2.44. The van der Waals surface area contributed by atoms with Crippen LogP contribution in [0.5, 0.6) is 0 Å². The van der Waals surface area contributed by atoms with Gasteiger partial charge in [0.05, 0.1) is 0 Å². The topological polar surface area (TPSA) is 49.4 Å². The van der Waals surface area contributed by atoms with Crippen molar-refractivity contribution in [2.24, 2.45) is 0 Å². The molecule has 2 atom stereocenters. The van der Waals surface area contributed by atoms with Gasteiger partial charge in [-0.15, -0.1) is 0 Å². The lowest BCUT2D eigenvalue weighted by molar-refractivity contribution is -0.152. The van der Waals surface area contributed by atoms with Gasteiger partial charge in [0.15, 0.2) is 0 Å². The predicted octanol–water partition coefficient (Wildman–Crippen LogP) is 1.01. The average Bonchev–Trinajstić information content (AvgIpc) is 2.34. The number of carbonyl (C=O) groups is 2. The van der Waals surface area contributed by atoms with Crippen LogP contribution in [0.15, 0.2) is 0 Å². The molecular formula is C12H20N2O2S. The summed E-state index contributed by atoms with van der Waals surface area (Å²) in [7, 11) is 0. The first-order valence-corrected chi connectivity index (χ1v) is 7.51. The molecule has 2 rings (SSSR count). The van der Waals surface area contributed by atoms with Crippen LogP contribution in [0.1, 0.15) is 33.1 Å². The summed E-state index contributed by atoms with van der Waals surface area (Å²) in [6.07, 6.45) is 2.74. The number of carbonyl (C=O) groups excluding carboxylic acids is 2. The minimum Gasteiger partial charge on any atom is -0.343 e. The molecule has 17 heavy (non-hydrogen) atoms. The third-order valence-corrected chi connectivity index (χ3v) is 4.64. The fourth-order valence-corrected chi connectivity index (χ4v) is 3.74. The van der Waals surface area contributed by atoms with Gasteiger partial charge in [0.1, 0.15) is 12.1 Å². The molecule has 0 bridgehead atoms. The van der Waals surface area contributed by atoms with Crippen LogP contribution in [-0.2, 0) is 9.59 Å². The van der Waals surface area contributed by atoms with Crippen LogP contribution in [-0.4, -0.2) is 46.3 Å². The number of nitrogens with one attached hydrogen (secondary N) is 1. The zero-order chi connectivity index (χ0) is 12.4. The number of thioether (sulfide) groups is 1. The maximum Gasteiger partial charge on any atom is 0.245 e. The standard InChI is InChI=1S/C12H20N2O2S/c1-3-10-11(15)13-8(2)12(16)14(10)9-4-6-17-7-5-9/h8-10H,3-7H2,1-2H3,(H,13,15). The van der Waals surface area contributed by atoms with E-state index in [1.165, 1.54) is 0 Å². The van der Waals surface area contributed by atoms with Crippen molar-refractivity contribution >= 4 is 23.6 Å². The lowest BCUT2D eigenvalue weighted by Crippen LogP contribution is -2.65. The largest absolute Gasteiger partial charge is 0.343 e. The Morgan fingerprint density at radius 2 is 2.00 bits per heavy atom. The number of piperazine rings is 1. The molecule has 4 nitrogen and oxygen atoms in total. The summed E-state index contributed by atoms with van der Waals surface area (Å²) < 4.78 is 0. The molecule has 2 aliphatic heterocycles. The van der Waals surface area contributed by atoms with Crippen molar-refractivity contribution in [1.29, 1.82) is 0 Å². The highest BCUT2D eigenvalue weighted by Crippen LogP contribution is 2.26. The summed E-state index contributed by atoms with van der Waals surface area (Å²) in [5.41, 5.74) is 0. The van der Waals surface area contributed by atoms with Crippen LogP contribution in [0, 0.1) is 0 Å². The smallest absolute Gasteiger partial charge is 0.245 e. The Bertz CT molecular complexity index is 316. The number of hydrogen-bond acceptors (Lipinski definition) is 3. The monoisotopic (exact) mass is 256 g/mol. The van der Waals surface area contributed by atoms with E-state index in [0.29, 0.717) is 6.42 Å². The Balaban J connectivity index is 2.18. The van der Waals surface area contributed by atoms with Crippen molar-refractivity contribution in [2.75, 3.05) is 11.5 Å². The zero-order valence-electron chi connectivity index (χ0n) is 10.4. The molecule has 0 aromatic heterocycles. The van der Waals surface area contributed by atoms with Gasteiger partial charge in [-0.2, -0.15) is 11.8 Å². The lowest BCUT2D eigenvalue weighted by atomic mass is 9.99. The Morgan fingerprint density at radius 1 is 1.35 bits per heavy atom. The van der Waals surface area contributed by atoms with E-state index in [1.54, 1.807) is 6.92 Å². The van der Waals surface area contributed by atoms with Gasteiger partial charge < -0.3 is 10.2 Å². The number of rotatable bonds is 2. The SMILES string of the molecule is CCC1C(=O)NC(C)C(=O)N1C1CCSCC1. The highest BCUT2D eigenvalue weighted by molar-refractivity contribution is 7.99. The number of nitrogens with zero attached hydrogens (tertiary/aromatic N) is 1. The summed E-state index contributed by atoms with van der Waals surface area (Å²) in [6, 6.07) is -0.353. The van der Waals surface area contributed by atoms with Gasteiger partial charge in [-0.25, -0.2) is 0 Å². The van der Waals surface area contributed by atoms with E-state index in [0.717, 1.165) is 24.3 Å². The minimum absolute atomic E-state index is 0.0119. The highest BCUT2D eigenvalue weighted by atomic mass is 32.2. The molecule has 2 saturated heterocycles. The van der Waals surface area contributed by atoms with Gasteiger partial charge >= 0.3 is 0 Å².